The zero-order valence-electron chi connectivity index (χ0n) is 17.3. The smallest absolute Gasteiger partial charge is 0.275 e. The number of aryl methyl sites for hydroxylation is 1. The summed E-state index contributed by atoms with van der Waals surface area (Å²) in [5.41, 5.74) is 2.32. The maximum atomic E-state index is 13.5. The number of pyridine rings is 1. The average Bonchev–Trinajstić information content (AvgIpc) is 3.20. The van der Waals surface area contributed by atoms with Gasteiger partial charge >= 0.3 is 0 Å². The van der Waals surface area contributed by atoms with E-state index in [4.69, 9.17) is 5.26 Å². The maximum absolute atomic E-state index is 13.5. The van der Waals surface area contributed by atoms with Gasteiger partial charge in [-0.05, 0) is 49.1 Å². The number of carbonyl (C=O) groups excluding carboxylic acids is 1. The fraction of sp³-hybridized carbons (Fsp3) is 0.304. The van der Waals surface area contributed by atoms with E-state index in [9.17, 15) is 9.18 Å². The van der Waals surface area contributed by atoms with Crippen molar-refractivity contribution in [3.63, 3.8) is 0 Å². The van der Waals surface area contributed by atoms with E-state index in [0.29, 0.717) is 35.7 Å². The molecule has 1 aliphatic heterocycles. The molecular weight excluding hydrogens is 395 g/mol. The Labute approximate surface area is 180 Å². The lowest BCUT2D eigenvalue weighted by Crippen LogP contribution is -2.47. The highest BCUT2D eigenvalue weighted by atomic mass is 19.1. The molecule has 3 aromatic rings. The number of aromatic nitrogens is 3. The van der Waals surface area contributed by atoms with Crippen LogP contribution in [0, 0.1) is 17.1 Å². The molecule has 4 rings (SSSR count). The van der Waals surface area contributed by atoms with Gasteiger partial charge in [0.25, 0.3) is 5.91 Å². The van der Waals surface area contributed by atoms with E-state index in [1.807, 2.05) is 4.90 Å². The first-order chi connectivity index (χ1) is 15.0. The van der Waals surface area contributed by atoms with Crippen molar-refractivity contribution in [2.75, 3.05) is 18.4 Å². The molecule has 1 aromatic carbocycles. The molecule has 8 heteroatoms. The SMILES string of the molecule is Cn1cc(-c2ccc(F)cc2)c(C(=O)N2CCCC[C@H]2CNc2ccc(C#N)cn2)n1. The van der Waals surface area contributed by atoms with Crippen molar-refractivity contribution in [2.45, 2.75) is 25.3 Å². The van der Waals surface area contributed by atoms with Gasteiger partial charge in [0.05, 0.1) is 5.56 Å². The number of nitriles is 1. The average molecular weight is 418 g/mol. The van der Waals surface area contributed by atoms with Crippen LogP contribution in [0.5, 0.6) is 0 Å². The van der Waals surface area contributed by atoms with Crippen molar-refractivity contribution >= 4 is 11.7 Å². The number of nitrogens with one attached hydrogen (secondary N) is 1. The molecule has 1 fully saturated rings. The molecule has 1 amide bonds. The Morgan fingerprint density at radius 3 is 2.77 bits per heavy atom. The number of likely N-dealkylation sites (tertiary alicyclic amines) is 1. The van der Waals surface area contributed by atoms with Gasteiger partial charge in [-0.3, -0.25) is 9.48 Å². The quantitative estimate of drug-likeness (QED) is 0.684. The third kappa shape index (κ3) is 4.56. The van der Waals surface area contributed by atoms with Crippen molar-refractivity contribution in [3.05, 3.63) is 65.9 Å². The topological polar surface area (TPSA) is 86.8 Å². The van der Waals surface area contributed by atoms with Crippen LogP contribution in [-0.4, -0.2) is 44.7 Å². The standard InChI is InChI=1S/C23H23FN6O/c1-29-15-20(17-6-8-18(24)9-7-17)22(28-29)23(31)30-11-3-2-4-19(30)14-27-21-10-5-16(12-25)13-26-21/h5-10,13,15,19H,2-4,11,14H2,1H3,(H,26,27)/t19-/m0/s1. The normalized spacial score (nSPS) is 16.0. The zero-order chi connectivity index (χ0) is 21.8. The van der Waals surface area contributed by atoms with Crippen LogP contribution in [-0.2, 0) is 7.05 Å². The van der Waals surface area contributed by atoms with Crippen molar-refractivity contribution in [1.82, 2.24) is 19.7 Å². The molecule has 0 saturated carbocycles. The number of hydrogen-bond acceptors (Lipinski definition) is 5. The van der Waals surface area contributed by atoms with Crippen LogP contribution in [0.25, 0.3) is 11.1 Å². The van der Waals surface area contributed by atoms with Crippen LogP contribution >= 0.6 is 0 Å². The van der Waals surface area contributed by atoms with Gasteiger partial charge in [-0.25, -0.2) is 9.37 Å². The molecule has 2 aromatic heterocycles. The van der Waals surface area contributed by atoms with Gasteiger partial charge in [-0.1, -0.05) is 12.1 Å². The number of rotatable bonds is 5. The molecule has 0 aliphatic carbocycles. The second-order valence-electron chi connectivity index (χ2n) is 7.64. The number of hydrogen-bond donors (Lipinski definition) is 1. The minimum absolute atomic E-state index is 0.00164. The second-order valence-corrected chi connectivity index (χ2v) is 7.64. The maximum Gasteiger partial charge on any atom is 0.275 e. The Morgan fingerprint density at radius 2 is 2.06 bits per heavy atom. The lowest BCUT2D eigenvalue weighted by molar-refractivity contribution is 0.0622. The molecular formula is C23H23FN6O. The molecule has 158 valence electrons. The zero-order valence-corrected chi connectivity index (χ0v) is 17.3. The lowest BCUT2D eigenvalue weighted by Gasteiger charge is -2.35. The summed E-state index contributed by atoms with van der Waals surface area (Å²) in [6.45, 7) is 1.22. The summed E-state index contributed by atoms with van der Waals surface area (Å²) in [7, 11) is 1.77. The first-order valence-corrected chi connectivity index (χ1v) is 10.3. The van der Waals surface area contributed by atoms with Gasteiger partial charge in [0, 0.05) is 44.1 Å². The minimum atomic E-state index is -0.320. The monoisotopic (exact) mass is 418 g/mol. The molecule has 0 unspecified atom stereocenters. The molecule has 7 nitrogen and oxygen atoms in total. The Kier molecular flexibility index (Phi) is 5.94. The second kappa shape index (κ2) is 8.96. The molecule has 31 heavy (non-hydrogen) atoms. The van der Waals surface area contributed by atoms with E-state index >= 15 is 0 Å². The summed E-state index contributed by atoms with van der Waals surface area (Å²) in [4.78, 5) is 19.6. The van der Waals surface area contributed by atoms with Gasteiger partial charge in [-0.15, -0.1) is 0 Å². The molecule has 1 saturated heterocycles. The highest BCUT2D eigenvalue weighted by Gasteiger charge is 2.30. The molecule has 1 aliphatic rings. The molecule has 0 spiro atoms. The number of carbonyl (C=O) groups is 1. The highest BCUT2D eigenvalue weighted by molar-refractivity contribution is 5.99. The van der Waals surface area contributed by atoms with Crippen molar-refractivity contribution < 1.29 is 9.18 Å². The number of halogens is 1. The van der Waals surface area contributed by atoms with Crippen molar-refractivity contribution in [3.8, 4) is 17.2 Å². The van der Waals surface area contributed by atoms with E-state index in [-0.39, 0.29) is 17.8 Å². The summed E-state index contributed by atoms with van der Waals surface area (Å²) in [6, 6.07) is 11.6. The number of benzene rings is 1. The predicted molar refractivity (Wildman–Crippen MR) is 115 cm³/mol. The van der Waals surface area contributed by atoms with E-state index in [1.54, 1.807) is 42.2 Å². The van der Waals surface area contributed by atoms with E-state index in [0.717, 1.165) is 24.8 Å². The minimum Gasteiger partial charge on any atom is -0.368 e. The Morgan fingerprint density at radius 1 is 1.26 bits per heavy atom. The van der Waals surface area contributed by atoms with Crippen molar-refractivity contribution in [1.29, 1.82) is 5.26 Å². The summed E-state index contributed by atoms with van der Waals surface area (Å²) >= 11 is 0. The molecule has 0 bridgehead atoms. The van der Waals surface area contributed by atoms with Crippen molar-refractivity contribution in [2.24, 2.45) is 7.05 Å². The fourth-order valence-electron chi connectivity index (χ4n) is 3.89. The van der Waals surface area contributed by atoms with Gasteiger partial charge in [0.15, 0.2) is 5.69 Å². The number of piperidine rings is 1. The first kappa shape index (κ1) is 20.5. The van der Waals surface area contributed by atoms with Crippen LogP contribution in [0.4, 0.5) is 10.2 Å². The highest BCUT2D eigenvalue weighted by Crippen LogP contribution is 2.27. The van der Waals surface area contributed by atoms with Gasteiger partial charge in [0.2, 0.25) is 0 Å². The summed E-state index contributed by atoms with van der Waals surface area (Å²) in [5, 5.41) is 16.6. The van der Waals surface area contributed by atoms with Crippen LogP contribution in [0.3, 0.4) is 0 Å². The Hall–Kier alpha value is -3.73. The van der Waals surface area contributed by atoms with Crippen LogP contribution in [0.15, 0.2) is 48.8 Å². The predicted octanol–water partition coefficient (Wildman–Crippen LogP) is 3.60. The molecule has 0 radical (unpaired) electrons. The van der Waals surface area contributed by atoms with E-state index < -0.39 is 0 Å². The third-order valence-corrected chi connectivity index (χ3v) is 5.49. The van der Waals surface area contributed by atoms with Gasteiger partial charge < -0.3 is 10.2 Å². The molecule has 1 N–H and O–H groups in total. The Bertz CT molecular complexity index is 1100. The summed E-state index contributed by atoms with van der Waals surface area (Å²) < 4.78 is 15.0. The molecule has 1 atom stereocenters. The van der Waals surface area contributed by atoms with E-state index in [2.05, 4.69) is 21.5 Å². The van der Waals surface area contributed by atoms with Crippen LogP contribution in [0.1, 0.15) is 35.3 Å². The number of anilines is 1. The van der Waals surface area contributed by atoms with Gasteiger partial charge in [0.1, 0.15) is 17.7 Å². The van der Waals surface area contributed by atoms with Crippen LogP contribution < -0.4 is 5.32 Å². The van der Waals surface area contributed by atoms with Gasteiger partial charge in [-0.2, -0.15) is 10.4 Å². The lowest BCUT2D eigenvalue weighted by atomic mass is 10.00. The fourth-order valence-corrected chi connectivity index (χ4v) is 3.89. The number of nitrogens with zero attached hydrogens (tertiary/aromatic N) is 5. The van der Waals surface area contributed by atoms with Crippen LogP contribution in [0.2, 0.25) is 0 Å². The number of amides is 1. The van der Waals surface area contributed by atoms with E-state index in [1.165, 1.54) is 18.3 Å². The molecule has 3 heterocycles. The third-order valence-electron chi connectivity index (χ3n) is 5.49. The summed E-state index contributed by atoms with van der Waals surface area (Å²) in [6.07, 6.45) is 6.18. The Balaban J connectivity index is 1.53. The largest absolute Gasteiger partial charge is 0.368 e. The first-order valence-electron chi connectivity index (χ1n) is 10.3. The summed E-state index contributed by atoms with van der Waals surface area (Å²) in [5.74, 6) is 0.222.